The number of alkyl carbamates (subject to hydrolysis) is 1. The molecule has 0 aromatic heterocycles. The number of carbonyl (C=O) groups excluding carboxylic acids is 2. The molecule has 1 aromatic rings. The Balaban J connectivity index is 1.70. The van der Waals surface area contributed by atoms with Gasteiger partial charge in [0.25, 0.3) is 0 Å². The SMILES string of the molecule is O=C(CNC(=O)OCc1ccccc1)NC1(C(=O)O)CCC1. The molecule has 0 bridgehead atoms. The van der Waals surface area contributed by atoms with Crippen LogP contribution in [0.5, 0.6) is 0 Å². The first-order valence-corrected chi connectivity index (χ1v) is 7.01. The Labute approximate surface area is 127 Å². The second-order valence-corrected chi connectivity index (χ2v) is 5.20. The van der Waals surface area contributed by atoms with E-state index in [9.17, 15) is 14.4 Å². The van der Waals surface area contributed by atoms with Crippen LogP contribution in [0.15, 0.2) is 30.3 Å². The molecule has 7 nitrogen and oxygen atoms in total. The molecule has 118 valence electrons. The first-order valence-electron chi connectivity index (χ1n) is 7.01. The minimum Gasteiger partial charge on any atom is -0.480 e. The second kappa shape index (κ2) is 6.93. The molecule has 0 aliphatic heterocycles. The second-order valence-electron chi connectivity index (χ2n) is 5.20. The highest BCUT2D eigenvalue weighted by molar-refractivity contribution is 5.89. The average molecular weight is 306 g/mol. The minimum atomic E-state index is -1.17. The van der Waals surface area contributed by atoms with Crippen molar-refractivity contribution in [1.82, 2.24) is 10.6 Å². The van der Waals surface area contributed by atoms with Crippen molar-refractivity contribution >= 4 is 18.0 Å². The summed E-state index contributed by atoms with van der Waals surface area (Å²) in [6.07, 6.45) is 0.857. The molecule has 3 N–H and O–H groups in total. The molecular formula is C15H18N2O5. The predicted molar refractivity (Wildman–Crippen MR) is 77.0 cm³/mol. The molecule has 0 radical (unpaired) electrons. The Bertz CT molecular complexity index is 554. The van der Waals surface area contributed by atoms with Crippen LogP contribution in [0.25, 0.3) is 0 Å². The van der Waals surface area contributed by atoms with E-state index in [0.717, 1.165) is 12.0 Å². The summed E-state index contributed by atoms with van der Waals surface area (Å²) < 4.78 is 4.95. The number of amides is 2. The zero-order valence-corrected chi connectivity index (χ0v) is 12.0. The third-order valence-electron chi connectivity index (χ3n) is 3.60. The lowest BCUT2D eigenvalue weighted by Gasteiger charge is -2.38. The zero-order valence-electron chi connectivity index (χ0n) is 12.0. The molecule has 0 saturated heterocycles. The largest absolute Gasteiger partial charge is 0.480 e. The quantitative estimate of drug-likeness (QED) is 0.728. The number of nitrogens with one attached hydrogen (secondary N) is 2. The van der Waals surface area contributed by atoms with Crippen molar-refractivity contribution in [3.63, 3.8) is 0 Å². The Morgan fingerprint density at radius 3 is 2.41 bits per heavy atom. The molecule has 0 atom stereocenters. The molecule has 2 rings (SSSR count). The smallest absolute Gasteiger partial charge is 0.407 e. The van der Waals surface area contributed by atoms with Gasteiger partial charge in [-0.05, 0) is 24.8 Å². The molecule has 1 saturated carbocycles. The van der Waals surface area contributed by atoms with Crippen LogP contribution < -0.4 is 10.6 Å². The van der Waals surface area contributed by atoms with Gasteiger partial charge in [-0.2, -0.15) is 0 Å². The van der Waals surface area contributed by atoms with E-state index in [1.165, 1.54) is 0 Å². The van der Waals surface area contributed by atoms with Gasteiger partial charge in [0.15, 0.2) is 0 Å². The predicted octanol–water partition coefficient (Wildman–Crippen LogP) is 1.04. The van der Waals surface area contributed by atoms with Crippen LogP contribution >= 0.6 is 0 Å². The molecule has 0 spiro atoms. The van der Waals surface area contributed by atoms with E-state index in [0.29, 0.717) is 12.8 Å². The third kappa shape index (κ3) is 3.97. The Hall–Kier alpha value is -2.57. The van der Waals surface area contributed by atoms with Crippen LogP contribution in [0.3, 0.4) is 0 Å². The van der Waals surface area contributed by atoms with E-state index in [-0.39, 0.29) is 13.2 Å². The van der Waals surface area contributed by atoms with Crippen molar-refractivity contribution in [3.8, 4) is 0 Å². The summed E-state index contributed by atoms with van der Waals surface area (Å²) >= 11 is 0. The summed E-state index contributed by atoms with van der Waals surface area (Å²) in [7, 11) is 0. The van der Waals surface area contributed by atoms with Crippen LogP contribution in [0.4, 0.5) is 4.79 Å². The highest BCUT2D eigenvalue weighted by atomic mass is 16.5. The Morgan fingerprint density at radius 2 is 1.86 bits per heavy atom. The van der Waals surface area contributed by atoms with Gasteiger partial charge in [0.1, 0.15) is 18.7 Å². The number of carboxylic acids is 1. The van der Waals surface area contributed by atoms with Gasteiger partial charge in [0, 0.05) is 0 Å². The topological polar surface area (TPSA) is 105 Å². The van der Waals surface area contributed by atoms with Gasteiger partial charge in [-0.25, -0.2) is 9.59 Å². The lowest BCUT2D eigenvalue weighted by atomic mass is 9.77. The highest BCUT2D eigenvalue weighted by Gasteiger charge is 2.45. The maximum Gasteiger partial charge on any atom is 0.407 e. The minimum absolute atomic E-state index is 0.105. The molecular weight excluding hydrogens is 288 g/mol. The fraction of sp³-hybridized carbons (Fsp3) is 0.400. The summed E-state index contributed by atoms with van der Waals surface area (Å²) in [6, 6.07) is 9.13. The van der Waals surface area contributed by atoms with Crippen molar-refractivity contribution in [1.29, 1.82) is 0 Å². The Kier molecular flexibility index (Phi) is 4.98. The van der Waals surface area contributed by atoms with Gasteiger partial charge in [0.2, 0.25) is 5.91 Å². The van der Waals surface area contributed by atoms with Crippen LogP contribution in [0.1, 0.15) is 24.8 Å². The van der Waals surface area contributed by atoms with E-state index in [1.54, 1.807) is 0 Å². The maximum absolute atomic E-state index is 11.7. The van der Waals surface area contributed by atoms with Crippen molar-refractivity contribution in [3.05, 3.63) is 35.9 Å². The number of hydrogen-bond acceptors (Lipinski definition) is 4. The number of ether oxygens (including phenoxy) is 1. The summed E-state index contributed by atoms with van der Waals surface area (Å²) in [5.41, 5.74) is -0.339. The summed E-state index contributed by atoms with van der Waals surface area (Å²) in [5, 5.41) is 13.8. The van der Waals surface area contributed by atoms with Crippen molar-refractivity contribution in [2.75, 3.05) is 6.54 Å². The lowest BCUT2D eigenvalue weighted by molar-refractivity contribution is -0.151. The molecule has 0 unspecified atom stereocenters. The van der Waals surface area contributed by atoms with Crippen LogP contribution in [0, 0.1) is 0 Å². The third-order valence-corrected chi connectivity index (χ3v) is 3.60. The van der Waals surface area contributed by atoms with E-state index in [4.69, 9.17) is 9.84 Å². The van der Waals surface area contributed by atoms with Crippen molar-refractivity contribution < 1.29 is 24.2 Å². The average Bonchev–Trinajstić information content (AvgIpc) is 2.47. The fourth-order valence-electron chi connectivity index (χ4n) is 2.16. The van der Waals surface area contributed by atoms with Crippen molar-refractivity contribution in [2.45, 2.75) is 31.4 Å². The number of benzene rings is 1. The monoisotopic (exact) mass is 306 g/mol. The zero-order chi connectivity index (χ0) is 16.0. The molecule has 0 heterocycles. The van der Waals surface area contributed by atoms with Gasteiger partial charge in [0.05, 0.1) is 0 Å². The number of carbonyl (C=O) groups is 3. The summed E-state index contributed by atoms with van der Waals surface area (Å²) in [5.74, 6) is -1.59. The number of aliphatic carboxylic acids is 1. The molecule has 1 aliphatic rings. The molecule has 1 aromatic carbocycles. The summed E-state index contributed by atoms with van der Waals surface area (Å²) in [4.78, 5) is 34.3. The Morgan fingerprint density at radius 1 is 1.18 bits per heavy atom. The van der Waals surface area contributed by atoms with Gasteiger partial charge in [-0.1, -0.05) is 30.3 Å². The van der Waals surface area contributed by atoms with E-state index in [2.05, 4.69) is 10.6 Å². The van der Waals surface area contributed by atoms with E-state index >= 15 is 0 Å². The van der Waals surface area contributed by atoms with Gasteiger partial charge >= 0.3 is 12.1 Å². The maximum atomic E-state index is 11.7. The molecule has 7 heteroatoms. The van der Waals surface area contributed by atoms with Crippen LogP contribution in [0.2, 0.25) is 0 Å². The van der Waals surface area contributed by atoms with Crippen LogP contribution in [-0.2, 0) is 20.9 Å². The summed E-state index contributed by atoms with van der Waals surface area (Å²) in [6.45, 7) is -0.212. The van der Waals surface area contributed by atoms with Gasteiger partial charge in [-0.3, -0.25) is 4.79 Å². The molecule has 1 fully saturated rings. The first-order chi connectivity index (χ1) is 10.5. The van der Waals surface area contributed by atoms with E-state index in [1.807, 2.05) is 30.3 Å². The number of hydrogen-bond donors (Lipinski definition) is 3. The fourth-order valence-corrected chi connectivity index (χ4v) is 2.16. The van der Waals surface area contributed by atoms with Gasteiger partial charge < -0.3 is 20.5 Å². The molecule has 22 heavy (non-hydrogen) atoms. The van der Waals surface area contributed by atoms with Gasteiger partial charge in [-0.15, -0.1) is 0 Å². The highest BCUT2D eigenvalue weighted by Crippen LogP contribution is 2.31. The first kappa shape index (κ1) is 15.8. The van der Waals surface area contributed by atoms with E-state index < -0.39 is 23.5 Å². The number of carboxylic acid groups (broad SMARTS) is 1. The lowest BCUT2D eigenvalue weighted by Crippen LogP contribution is -2.60. The molecule has 2 amide bonds. The molecule has 1 aliphatic carbocycles. The number of rotatable bonds is 6. The standard InChI is InChI=1S/C15H18N2O5/c18-12(17-15(13(19)20)7-4-8-15)9-16-14(21)22-10-11-5-2-1-3-6-11/h1-3,5-6H,4,7-10H2,(H,16,21)(H,17,18)(H,19,20). The van der Waals surface area contributed by atoms with Crippen LogP contribution in [-0.4, -0.2) is 35.2 Å². The van der Waals surface area contributed by atoms with Crippen molar-refractivity contribution in [2.24, 2.45) is 0 Å². The normalized spacial score (nSPS) is 15.3.